The molecule has 5 nitrogen and oxygen atoms in total. The van der Waals surface area contributed by atoms with Crippen molar-refractivity contribution in [2.45, 2.75) is 0 Å². The molecule has 9 aromatic carbocycles. The molecule has 0 aliphatic rings. The van der Waals surface area contributed by atoms with Crippen LogP contribution in [0.3, 0.4) is 0 Å². The molecule has 0 spiro atoms. The van der Waals surface area contributed by atoms with E-state index in [4.69, 9.17) is 15.0 Å². The normalized spacial score (nSPS) is 11.9. The summed E-state index contributed by atoms with van der Waals surface area (Å²) >= 11 is 1.80. The van der Waals surface area contributed by atoms with Gasteiger partial charge in [-0.25, -0.2) is 15.0 Å². The van der Waals surface area contributed by atoms with E-state index < -0.39 is 0 Å². The number of hydrogen-bond donors (Lipinski definition) is 0. The molecule has 0 bridgehead atoms. The maximum atomic E-state index is 5.41. The lowest BCUT2D eigenvalue weighted by atomic mass is 10.0. The van der Waals surface area contributed by atoms with Crippen molar-refractivity contribution < 1.29 is 0 Å². The van der Waals surface area contributed by atoms with Gasteiger partial charge in [-0.05, 0) is 47.9 Å². The molecular formula is C55H33N5S. The fourth-order valence-corrected chi connectivity index (χ4v) is 10.7. The van der Waals surface area contributed by atoms with Crippen LogP contribution in [-0.2, 0) is 0 Å². The number of aromatic nitrogens is 5. The fraction of sp³-hybridized carbons (Fsp3) is 0. The van der Waals surface area contributed by atoms with Gasteiger partial charge in [0.15, 0.2) is 17.5 Å². The van der Waals surface area contributed by atoms with Gasteiger partial charge in [-0.3, -0.25) is 0 Å². The Balaban J connectivity index is 1.11. The first-order chi connectivity index (χ1) is 30.3. The lowest BCUT2D eigenvalue weighted by molar-refractivity contribution is 1.08. The van der Waals surface area contributed by atoms with E-state index in [-0.39, 0.29) is 0 Å². The summed E-state index contributed by atoms with van der Waals surface area (Å²) in [6.07, 6.45) is 0. The second kappa shape index (κ2) is 13.3. The van der Waals surface area contributed by atoms with E-state index in [1.54, 1.807) is 11.3 Å². The average Bonchev–Trinajstić information content (AvgIpc) is 3.99. The lowest BCUT2D eigenvalue weighted by Gasteiger charge is -2.16. The summed E-state index contributed by atoms with van der Waals surface area (Å²) in [6.45, 7) is 0. The van der Waals surface area contributed by atoms with Crippen molar-refractivity contribution >= 4 is 85.9 Å². The average molecular weight is 796 g/mol. The van der Waals surface area contributed by atoms with Crippen LogP contribution in [0.25, 0.3) is 120 Å². The molecule has 0 N–H and O–H groups in total. The number of hydrogen-bond acceptors (Lipinski definition) is 4. The van der Waals surface area contributed by atoms with Gasteiger partial charge in [0, 0.05) is 63.8 Å². The highest BCUT2D eigenvalue weighted by atomic mass is 32.1. The van der Waals surface area contributed by atoms with Gasteiger partial charge in [0.2, 0.25) is 0 Å². The zero-order chi connectivity index (χ0) is 40.0. The van der Waals surface area contributed by atoms with E-state index in [0.29, 0.717) is 17.5 Å². The van der Waals surface area contributed by atoms with E-state index in [9.17, 15) is 0 Å². The topological polar surface area (TPSA) is 48.5 Å². The summed E-state index contributed by atoms with van der Waals surface area (Å²) in [5, 5.41) is 9.44. The van der Waals surface area contributed by atoms with E-state index in [0.717, 1.165) is 55.4 Å². The van der Waals surface area contributed by atoms with Crippen molar-refractivity contribution in [1.82, 2.24) is 24.1 Å². The zero-order valence-electron chi connectivity index (χ0n) is 32.7. The molecule has 61 heavy (non-hydrogen) atoms. The van der Waals surface area contributed by atoms with Crippen molar-refractivity contribution in [3.05, 3.63) is 200 Å². The first-order valence-electron chi connectivity index (χ1n) is 20.5. The quantitative estimate of drug-likeness (QED) is 0.174. The number of nitrogens with zero attached hydrogens (tertiary/aromatic N) is 5. The Morgan fingerprint density at radius 1 is 0.328 bits per heavy atom. The molecule has 4 heterocycles. The Kier molecular flexibility index (Phi) is 7.41. The third-order valence-corrected chi connectivity index (χ3v) is 13.3. The first kappa shape index (κ1) is 34.0. The van der Waals surface area contributed by atoms with E-state index >= 15 is 0 Å². The minimum atomic E-state index is 0.636. The highest BCUT2D eigenvalue weighted by molar-refractivity contribution is 7.25. The molecule has 0 fully saturated rings. The number of benzene rings is 9. The van der Waals surface area contributed by atoms with Crippen LogP contribution in [0.5, 0.6) is 0 Å². The van der Waals surface area contributed by atoms with Gasteiger partial charge in [0.05, 0.1) is 33.4 Å². The minimum Gasteiger partial charge on any atom is -0.307 e. The highest BCUT2D eigenvalue weighted by Gasteiger charge is 2.24. The Hall–Kier alpha value is -7.93. The zero-order valence-corrected chi connectivity index (χ0v) is 33.5. The number of rotatable bonds is 5. The summed E-state index contributed by atoms with van der Waals surface area (Å²) in [5.41, 5.74) is 9.66. The second-order valence-electron chi connectivity index (χ2n) is 15.5. The van der Waals surface area contributed by atoms with E-state index in [1.165, 1.54) is 47.2 Å². The van der Waals surface area contributed by atoms with Crippen LogP contribution < -0.4 is 0 Å². The maximum absolute atomic E-state index is 5.41. The number of fused-ring (bicyclic) bond motifs is 10. The minimum absolute atomic E-state index is 0.636. The van der Waals surface area contributed by atoms with Crippen LogP contribution in [0.2, 0.25) is 0 Å². The van der Waals surface area contributed by atoms with Gasteiger partial charge in [0.25, 0.3) is 0 Å². The Labute approximate surface area is 354 Å². The van der Waals surface area contributed by atoms with Gasteiger partial charge in [-0.15, -0.1) is 11.3 Å². The number of thiophene rings is 1. The lowest BCUT2D eigenvalue weighted by Crippen LogP contribution is -2.02. The van der Waals surface area contributed by atoms with Gasteiger partial charge in [-0.2, -0.15) is 0 Å². The summed E-state index contributed by atoms with van der Waals surface area (Å²) < 4.78 is 7.36. The van der Waals surface area contributed by atoms with Crippen molar-refractivity contribution in [2.75, 3.05) is 0 Å². The van der Waals surface area contributed by atoms with Crippen LogP contribution in [-0.4, -0.2) is 24.1 Å². The number of para-hydroxylation sites is 3. The highest BCUT2D eigenvalue weighted by Crippen LogP contribution is 2.44. The summed E-state index contributed by atoms with van der Waals surface area (Å²) in [6, 6.07) is 71.4. The molecule has 0 atom stereocenters. The molecule has 13 rings (SSSR count). The Morgan fingerprint density at radius 2 is 0.869 bits per heavy atom. The maximum Gasteiger partial charge on any atom is 0.164 e. The van der Waals surface area contributed by atoms with Crippen LogP contribution in [0.1, 0.15) is 0 Å². The predicted molar refractivity (Wildman–Crippen MR) is 255 cm³/mol. The second-order valence-corrected chi connectivity index (χ2v) is 16.6. The van der Waals surface area contributed by atoms with Gasteiger partial charge in [-0.1, -0.05) is 158 Å². The molecule has 4 aromatic heterocycles. The van der Waals surface area contributed by atoms with Gasteiger partial charge in [0.1, 0.15) is 0 Å². The molecule has 0 unspecified atom stereocenters. The monoisotopic (exact) mass is 795 g/mol. The fourth-order valence-electron chi connectivity index (χ4n) is 9.59. The molecule has 0 radical (unpaired) electrons. The standard InChI is InChI=1S/C55H33N5S/c1-2-17-35(18-3-1)53-56-54(58-55(57-53)42-26-15-33-49-51(42)40-23-8-11-32-48(40)61-49)41-25-14-30-46-50(41)39-22-7-10-28-45(39)59(46)47-31-13-24-38-37-21-6-9-27-44(37)60(52(38)47)43-29-12-19-34-16-4-5-20-36(34)43/h1-33H. The smallest absolute Gasteiger partial charge is 0.164 e. The third-order valence-electron chi connectivity index (χ3n) is 12.2. The molecule has 0 aliphatic heterocycles. The van der Waals surface area contributed by atoms with Crippen LogP contribution in [0.15, 0.2) is 200 Å². The molecule has 0 saturated carbocycles. The van der Waals surface area contributed by atoms with Crippen molar-refractivity contribution in [1.29, 1.82) is 0 Å². The predicted octanol–water partition coefficient (Wildman–Crippen LogP) is 14.6. The molecule has 13 aromatic rings. The Bertz CT molecular complexity index is 3890. The summed E-state index contributed by atoms with van der Waals surface area (Å²) in [5.74, 6) is 1.93. The molecule has 0 aliphatic carbocycles. The van der Waals surface area contributed by atoms with Crippen LogP contribution >= 0.6 is 11.3 Å². The Morgan fingerprint density at radius 3 is 1.70 bits per heavy atom. The SMILES string of the molecule is c1ccc(-c2nc(-c3cccc4sc5ccccc5c34)nc(-c3cccc4c3c3ccccc3n4-c3cccc4c5ccccc5n(-c5cccc6ccccc56)c34)n2)cc1. The van der Waals surface area contributed by atoms with Crippen LogP contribution in [0, 0.1) is 0 Å². The van der Waals surface area contributed by atoms with Gasteiger partial charge >= 0.3 is 0 Å². The molecule has 0 saturated heterocycles. The first-order valence-corrected chi connectivity index (χ1v) is 21.4. The van der Waals surface area contributed by atoms with Gasteiger partial charge < -0.3 is 9.13 Å². The van der Waals surface area contributed by atoms with E-state index in [2.05, 4.69) is 191 Å². The summed E-state index contributed by atoms with van der Waals surface area (Å²) in [4.78, 5) is 15.9. The summed E-state index contributed by atoms with van der Waals surface area (Å²) in [7, 11) is 0. The molecule has 284 valence electrons. The molecular weight excluding hydrogens is 763 g/mol. The van der Waals surface area contributed by atoms with Crippen LogP contribution in [0.4, 0.5) is 0 Å². The van der Waals surface area contributed by atoms with Crippen molar-refractivity contribution in [2.24, 2.45) is 0 Å². The van der Waals surface area contributed by atoms with E-state index in [1.807, 2.05) is 18.2 Å². The third kappa shape index (κ3) is 5.09. The largest absolute Gasteiger partial charge is 0.307 e. The molecule has 0 amide bonds. The van der Waals surface area contributed by atoms with Crippen molar-refractivity contribution in [3.63, 3.8) is 0 Å². The van der Waals surface area contributed by atoms with Crippen molar-refractivity contribution in [3.8, 4) is 45.5 Å². The molecule has 6 heteroatoms.